The fourth-order valence-electron chi connectivity index (χ4n) is 2.76. The third kappa shape index (κ3) is 3.74. The molecule has 0 saturated carbocycles. The van der Waals surface area contributed by atoms with Crippen LogP contribution in [0.2, 0.25) is 0 Å². The fourth-order valence-corrected chi connectivity index (χ4v) is 3.47. The van der Waals surface area contributed by atoms with Crippen LogP contribution in [0.25, 0.3) is 0 Å². The lowest BCUT2D eigenvalue weighted by atomic mass is 10.1. The first-order chi connectivity index (χ1) is 9.63. The van der Waals surface area contributed by atoms with Crippen LogP contribution in [0.4, 0.5) is 5.69 Å². The van der Waals surface area contributed by atoms with E-state index < -0.39 is 0 Å². The summed E-state index contributed by atoms with van der Waals surface area (Å²) in [7, 11) is 2.16. The maximum absolute atomic E-state index is 5.67. The zero-order valence-corrected chi connectivity index (χ0v) is 14.2. The number of hydrogen-bond donors (Lipinski definition) is 1. The first-order valence-electron chi connectivity index (χ1n) is 7.47. The molecule has 1 N–H and O–H groups in total. The normalized spacial score (nSPS) is 22.2. The van der Waals surface area contributed by atoms with Crippen LogP contribution in [-0.2, 0) is 11.3 Å². The Bertz CT molecular complexity index is 438. The monoisotopic (exact) mass is 340 g/mol. The van der Waals surface area contributed by atoms with Crippen LogP contribution in [0.15, 0.2) is 22.7 Å². The van der Waals surface area contributed by atoms with Gasteiger partial charge in [-0.3, -0.25) is 0 Å². The van der Waals surface area contributed by atoms with E-state index >= 15 is 0 Å². The Morgan fingerprint density at radius 3 is 2.85 bits per heavy atom. The summed E-state index contributed by atoms with van der Waals surface area (Å²) in [6.07, 6.45) is 2.57. The van der Waals surface area contributed by atoms with Gasteiger partial charge in [0.15, 0.2) is 0 Å². The third-order valence-electron chi connectivity index (χ3n) is 3.98. The lowest BCUT2D eigenvalue weighted by molar-refractivity contribution is 0.118. The summed E-state index contributed by atoms with van der Waals surface area (Å²) in [6.45, 7) is 7.21. The smallest absolute Gasteiger partial charge is 0.0750 e. The zero-order valence-electron chi connectivity index (χ0n) is 12.7. The maximum atomic E-state index is 5.67. The molecule has 0 aromatic heterocycles. The highest BCUT2D eigenvalue weighted by atomic mass is 79.9. The number of anilines is 1. The van der Waals surface area contributed by atoms with Gasteiger partial charge in [0, 0.05) is 24.7 Å². The Morgan fingerprint density at radius 2 is 2.25 bits per heavy atom. The lowest BCUT2D eigenvalue weighted by Crippen LogP contribution is -2.36. The van der Waals surface area contributed by atoms with Crippen molar-refractivity contribution in [1.29, 1.82) is 0 Å². The van der Waals surface area contributed by atoms with Crippen LogP contribution in [-0.4, -0.2) is 32.3 Å². The summed E-state index contributed by atoms with van der Waals surface area (Å²) in [5, 5.41) is 3.43. The summed E-state index contributed by atoms with van der Waals surface area (Å²) >= 11 is 3.71. The largest absolute Gasteiger partial charge is 0.376 e. The van der Waals surface area contributed by atoms with Gasteiger partial charge in [-0.15, -0.1) is 0 Å². The highest BCUT2D eigenvalue weighted by Gasteiger charge is 2.28. The third-order valence-corrected chi connectivity index (χ3v) is 4.62. The number of benzene rings is 1. The molecule has 1 aromatic carbocycles. The van der Waals surface area contributed by atoms with Crippen LogP contribution >= 0.6 is 15.9 Å². The molecule has 1 saturated heterocycles. The van der Waals surface area contributed by atoms with E-state index in [0.717, 1.165) is 30.6 Å². The molecule has 0 amide bonds. The van der Waals surface area contributed by atoms with Gasteiger partial charge in [0.05, 0.1) is 17.8 Å². The predicted octanol–water partition coefficient (Wildman–Crippen LogP) is 3.56. The minimum atomic E-state index is 0.304. The van der Waals surface area contributed by atoms with Crippen molar-refractivity contribution in [2.24, 2.45) is 0 Å². The first-order valence-corrected chi connectivity index (χ1v) is 8.26. The maximum Gasteiger partial charge on any atom is 0.0750 e. The molecule has 0 bridgehead atoms. The number of nitrogens with zero attached hydrogens (tertiary/aromatic N) is 1. The quantitative estimate of drug-likeness (QED) is 0.801. The molecule has 4 heteroatoms. The van der Waals surface area contributed by atoms with E-state index in [-0.39, 0.29) is 0 Å². The molecule has 1 aromatic rings. The molecule has 2 unspecified atom stereocenters. The lowest BCUT2D eigenvalue weighted by Gasteiger charge is -2.29. The van der Waals surface area contributed by atoms with Crippen LogP contribution in [0.1, 0.15) is 32.3 Å². The van der Waals surface area contributed by atoms with Gasteiger partial charge in [0.1, 0.15) is 0 Å². The van der Waals surface area contributed by atoms with Gasteiger partial charge in [-0.25, -0.2) is 0 Å². The second-order valence-corrected chi connectivity index (χ2v) is 6.36. The minimum absolute atomic E-state index is 0.304. The molecule has 2 rings (SSSR count). The molecule has 2 atom stereocenters. The van der Waals surface area contributed by atoms with E-state index in [1.165, 1.54) is 17.7 Å². The standard InChI is InChI=1S/C16H25BrN2O/c1-4-8-18-11-13-5-6-16(14(17)10-13)19(3)15-7-9-20-12(15)2/h5-6,10,12,15,18H,4,7-9,11H2,1-3H3. The minimum Gasteiger partial charge on any atom is -0.376 e. The van der Waals surface area contributed by atoms with Crippen molar-refractivity contribution in [3.8, 4) is 0 Å². The van der Waals surface area contributed by atoms with Gasteiger partial charge in [0.2, 0.25) is 0 Å². The summed E-state index contributed by atoms with van der Waals surface area (Å²) in [5.74, 6) is 0. The van der Waals surface area contributed by atoms with Crippen molar-refractivity contribution in [3.63, 3.8) is 0 Å². The fraction of sp³-hybridized carbons (Fsp3) is 0.625. The van der Waals surface area contributed by atoms with Gasteiger partial charge in [-0.05, 0) is 59.9 Å². The number of rotatable bonds is 6. The topological polar surface area (TPSA) is 24.5 Å². The highest BCUT2D eigenvalue weighted by Crippen LogP contribution is 2.31. The summed E-state index contributed by atoms with van der Waals surface area (Å²) < 4.78 is 6.83. The van der Waals surface area contributed by atoms with Gasteiger partial charge in [-0.2, -0.15) is 0 Å². The summed E-state index contributed by atoms with van der Waals surface area (Å²) in [4.78, 5) is 2.34. The van der Waals surface area contributed by atoms with Crippen molar-refractivity contribution in [3.05, 3.63) is 28.2 Å². The van der Waals surface area contributed by atoms with Gasteiger partial charge >= 0.3 is 0 Å². The Hall–Kier alpha value is -0.580. The van der Waals surface area contributed by atoms with E-state index in [9.17, 15) is 0 Å². The van der Waals surface area contributed by atoms with Crippen LogP contribution < -0.4 is 10.2 Å². The Morgan fingerprint density at radius 1 is 1.45 bits per heavy atom. The van der Waals surface area contributed by atoms with Crippen LogP contribution in [0.3, 0.4) is 0 Å². The predicted molar refractivity (Wildman–Crippen MR) is 88.4 cm³/mol. The van der Waals surface area contributed by atoms with E-state index in [4.69, 9.17) is 4.74 Å². The average molecular weight is 341 g/mol. The molecule has 0 aliphatic carbocycles. The molecule has 1 aliphatic heterocycles. The molecule has 0 spiro atoms. The molecule has 20 heavy (non-hydrogen) atoms. The van der Waals surface area contributed by atoms with Crippen LogP contribution in [0.5, 0.6) is 0 Å². The van der Waals surface area contributed by atoms with Gasteiger partial charge in [0.25, 0.3) is 0 Å². The molecular formula is C16H25BrN2O. The first kappa shape index (κ1) is 15.8. The SMILES string of the molecule is CCCNCc1ccc(N(C)C2CCOC2C)c(Br)c1. The number of likely N-dealkylation sites (N-methyl/N-ethyl adjacent to an activating group) is 1. The highest BCUT2D eigenvalue weighted by molar-refractivity contribution is 9.10. The Labute approximate surface area is 130 Å². The van der Waals surface area contributed by atoms with Gasteiger partial charge in [-0.1, -0.05) is 13.0 Å². The second kappa shape index (κ2) is 7.43. The Balaban J connectivity index is 2.05. The number of halogens is 1. The van der Waals surface area contributed by atoms with E-state index in [0.29, 0.717) is 12.1 Å². The molecule has 1 aliphatic rings. The number of ether oxygens (including phenoxy) is 1. The average Bonchev–Trinajstić information content (AvgIpc) is 2.85. The Kier molecular flexibility index (Phi) is 5.87. The summed E-state index contributed by atoms with van der Waals surface area (Å²) in [5.41, 5.74) is 2.56. The second-order valence-electron chi connectivity index (χ2n) is 5.51. The van der Waals surface area contributed by atoms with E-state index in [1.807, 2.05) is 0 Å². The van der Waals surface area contributed by atoms with Crippen molar-refractivity contribution in [2.75, 3.05) is 25.1 Å². The van der Waals surface area contributed by atoms with Gasteiger partial charge < -0.3 is 15.0 Å². The zero-order chi connectivity index (χ0) is 14.5. The number of nitrogens with one attached hydrogen (secondary N) is 1. The molecule has 1 fully saturated rings. The van der Waals surface area contributed by atoms with Crippen LogP contribution in [0, 0.1) is 0 Å². The molecular weight excluding hydrogens is 316 g/mol. The van der Waals surface area contributed by atoms with Crippen molar-refractivity contribution < 1.29 is 4.74 Å². The van der Waals surface area contributed by atoms with Crippen molar-refractivity contribution in [2.45, 2.75) is 45.4 Å². The molecule has 0 radical (unpaired) electrons. The molecule has 1 heterocycles. The molecule has 112 valence electrons. The number of hydrogen-bond acceptors (Lipinski definition) is 3. The van der Waals surface area contributed by atoms with E-state index in [2.05, 4.69) is 65.2 Å². The van der Waals surface area contributed by atoms with E-state index in [1.54, 1.807) is 0 Å². The van der Waals surface area contributed by atoms with Crippen molar-refractivity contribution in [1.82, 2.24) is 5.32 Å². The van der Waals surface area contributed by atoms with Crippen molar-refractivity contribution >= 4 is 21.6 Å². The molecule has 3 nitrogen and oxygen atoms in total. The summed E-state index contributed by atoms with van der Waals surface area (Å²) in [6, 6.07) is 7.10.